The van der Waals surface area contributed by atoms with Crippen LogP contribution in [0.15, 0.2) is 89.9 Å². The van der Waals surface area contributed by atoms with Crippen molar-refractivity contribution in [3.63, 3.8) is 0 Å². The molecule has 10 heteroatoms. The Morgan fingerprint density at radius 2 is 1.48 bits per heavy atom. The lowest BCUT2D eigenvalue weighted by molar-refractivity contribution is 0.0562. The number of hydrogen-bond donors (Lipinski definition) is 3. The van der Waals surface area contributed by atoms with Crippen molar-refractivity contribution in [2.75, 3.05) is 11.1 Å². The fourth-order valence-corrected chi connectivity index (χ4v) is 4.42. The van der Waals surface area contributed by atoms with E-state index in [1.54, 1.807) is 53.7 Å². The van der Waals surface area contributed by atoms with Crippen molar-refractivity contribution < 1.29 is 19.1 Å². The number of carbonyl (C=O) groups is 2. The number of nitrogens with zero attached hydrogens (tertiary/aromatic N) is 3. The predicted octanol–water partition coefficient (Wildman–Crippen LogP) is 7.80. The number of aliphatic imine (C=N–C) groups is 1. The molecule has 0 fully saturated rings. The number of hydrogen-bond acceptors (Lipinski definition) is 7. The summed E-state index contributed by atoms with van der Waals surface area (Å²) in [4.78, 5) is 38.6. The molecule has 0 aliphatic heterocycles. The molecule has 0 radical (unpaired) electrons. The first-order valence-corrected chi connectivity index (χ1v) is 15.2. The molecule has 1 heterocycles. The minimum atomic E-state index is -0.863. The van der Waals surface area contributed by atoms with Gasteiger partial charge in [0.25, 0.3) is 0 Å². The highest BCUT2D eigenvalue weighted by molar-refractivity contribution is 6.06. The van der Waals surface area contributed by atoms with Gasteiger partial charge in [0.15, 0.2) is 5.82 Å². The van der Waals surface area contributed by atoms with Crippen LogP contribution in [-0.4, -0.2) is 39.3 Å². The number of amides is 2. The van der Waals surface area contributed by atoms with E-state index in [-0.39, 0.29) is 5.96 Å². The average Bonchev–Trinajstić information content (AvgIpc) is 2.96. The molecule has 1 aromatic heterocycles. The Balaban J connectivity index is 1.58. The van der Waals surface area contributed by atoms with E-state index in [1.807, 2.05) is 48.5 Å². The minimum Gasteiger partial charge on any atom is -0.444 e. The monoisotopic (exact) mass is 622 g/mol. The third kappa shape index (κ3) is 11.0. The molecular formula is C36H42N6O4. The summed E-state index contributed by atoms with van der Waals surface area (Å²) >= 11 is 0. The number of guanidine groups is 1. The number of rotatable bonds is 7. The number of nitrogen functional groups attached to an aromatic ring is 1. The highest BCUT2D eigenvalue weighted by Crippen LogP contribution is 2.26. The Morgan fingerprint density at radius 3 is 2.13 bits per heavy atom. The van der Waals surface area contributed by atoms with Gasteiger partial charge in [0.1, 0.15) is 11.2 Å². The molecule has 0 bridgehead atoms. The van der Waals surface area contributed by atoms with E-state index < -0.39 is 23.4 Å². The van der Waals surface area contributed by atoms with Crippen LogP contribution in [0.5, 0.6) is 0 Å². The van der Waals surface area contributed by atoms with Crippen LogP contribution in [0.4, 0.5) is 21.0 Å². The third-order valence-electron chi connectivity index (χ3n) is 6.32. The first kappa shape index (κ1) is 33.6. The van der Waals surface area contributed by atoms with E-state index in [9.17, 15) is 9.59 Å². The highest BCUT2D eigenvalue weighted by Gasteiger charge is 2.20. The van der Waals surface area contributed by atoms with Crippen molar-refractivity contribution in [3.8, 4) is 22.6 Å². The first-order valence-electron chi connectivity index (χ1n) is 15.2. The number of alkyl carbamates (subject to hydrolysis) is 1. The van der Waals surface area contributed by atoms with Gasteiger partial charge in [0, 0.05) is 28.2 Å². The first-order chi connectivity index (χ1) is 21.7. The van der Waals surface area contributed by atoms with Crippen molar-refractivity contribution in [1.82, 2.24) is 15.3 Å². The van der Waals surface area contributed by atoms with Crippen molar-refractivity contribution in [3.05, 3.63) is 96.2 Å². The summed E-state index contributed by atoms with van der Waals surface area (Å²) in [5.41, 5.74) is 10.4. The maximum Gasteiger partial charge on any atom is 0.437 e. The van der Waals surface area contributed by atoms with E-state index in [2.05, 4.69) is 39.9 Å². The van der Waals surface area contributed by atoms with Gasteiger partial charge in [-0.1, -0.05) is 54.6 Å². The molecule has 0 atom stereocenters. The van der Waals surface area contributed by atoms with Crippen molar-refractivity contribution in [2.45, 2.75) is 72.0 Å². The van der Waals surface area contributed by atoms with E-state index in [0.29, 0.717) is 17.2 Å². The second-order valence-electron chi connectivity index (χ2n) is 12.8. The fourth-order valence-electron chi connectivity index (χ4n) is 4.42. The molecule has 4 rings (SSSR count). The Bertz CT molecular complexity index is 1670. The summed E-state index contributed by atoms with van der Waals surface area (Å²) < 4.78 is 10.6. The molecule has 0 spiro atoms. The van der Waals surface area contributed by atoms with Gasteiger partial charge >= 0.3 is 12.2 Å². The van der Waals surface area contributed by atoms with Crippen molar-refractivity contribution in [1.29, 1.82) is 0 Å². The van der Waals surface area contributed by atoms with E-state index in [4.69, 9.17) is 25.2 Å². The number of nitrogens with two attached hydrogens (primary N) is 1. The second-order valence-corrected chi connectivity index (χ2v) is 12.8. The van der Waals surface area contributed by atoms with E-state index in [0.717, 1.165) is 41.8 Å². The molecule has 0 saturated carbocycles. The zero-order valence-corrected chi connectivity index (χ0v) is 27.3. The largest absolute Gasteiger partial charge is 0.444 e. The van der Waals surface area contributed by atoms with E-state index >= 15 is 0 Å². The normalized spacial score (nSPS) is 11.9. The zero-order valence-electron chi connectivity index (χ0n) is 27.3. The molecule has 2 amide bonds. The molecule has 46 heavy (non-hydrogen) atoms. The fraction of sp³-hybridized carbons (Fsp3) is 0.306. The lowest BCUT2D eigenvalue weighted by Gasteiger charge is -2.21. The Kier molecular flexibility index (Phi) is 10.7. The van der Waals surface area contributed by atoms with Crippen molar-refractivity contribution >= 4 is 29.5 Å². The minimum absolute atomic E-state index is 0.136. The molecule has 0 aliphatic carbocycles. The van der Waals surface area contributed by atoms with Gasteiger partial charge in [-0.2, -0.15) is 0 Å². The van der Waals surface area contributed by atoms with Crippen LogP contribution in [0.1, 0.15) is 59.2 Å². The Hall–Kier alpha value is -5.25. The molecule has 0 saturated heterocycles. The van der Waals surface area contributed by atoms with Gasteiger partial charge in [0.2, 0.25) is 5.96 Å². The van der Waals surface area contributed by atoms with Gasteiger partial charge in [-0.25, -0.2) is 19.6 Å². The Morgan fingerprint density at radius 1 is 0.783 bits per heavy atom. The summed E-state index contributed by atoms with van der Waals surface area (Å²) in [7, 11) is 0. The average molecular weight is 623 g/mol. The summed E-state index contributed by atoms with van der Waals surface area (Å²) in [5.74, 6) is 0.456. The number of anilines is 2. The standard InChI is InChI=1S/C36H42N6O4/c1-35(2,3)45-33(43)41-32(42-34(44)46-36(4,5)6)39-28-20-18-25(19-21-28)30-23-29(17-10-14-24-12-8-7-9-13-24)38-31(40-30)26-15-11-16-27(37)22-26/h7-9,11-13,15-16,18-23H,10,14,17,37H2,1-6H3,(H2,39,41,42,43,44). The van der Waals surface area contributed by atoms with Crippen molar-refractivity contribution in [2.24, 2.45) is 4.99 Å². The van der Waals surface area contributed by atoms with Crippen LogP contribution < -0.4 is 16.4 Å². The quantitative estimate of drug-likeness (QED) is 0.108. The molecule has 0 unspecified atom stereocenters. The van der Waals surface area contributed by atoms with Crippen LogP contribution in [0, 0.1) is 0 Å². The van der Waals surface area contributed by atoms with Gasteiger partial charge in [-0.15, -0.1) is 4.99 Å². The third-order valence-corrected chi connectivity index (χ3v) is 6.32. The highest BCUT2D eigenvalue weighted by atomic mass is 16.6. The molecule has 4 N–H and O–H groups in total. The number of aromatic nitrogens is 2. The van der Waals surface area contributed by atoms with Gasteiger partial charge in [-0.05, 0) is 96.7 Å². The number of benzene rings is 3. The molecule has 4 aromatic rings. The van der Waals surface area contributed by atoms with Crippen LogP contribution in [0.3, 0.4) is 0 Å². The summed E-state index contributed by atoms with van der Waals surface area (Å²) in [6.07, 6.45) is 1.02. The van der Waals surface area contributed by atoms with E-state index in [1.165, 1.54) is 5.56 Å². The zero-order chi connectivity index (χ0) is 33.3. The lowest BCUT2D eigenvalue weighted by atomic mass is 10.0. The van der Waals surface area contributed by atoms with Gasteiger partial charge in [0.05, 0.1) is 5.69 Å². The SMILES string of the molecule is CC(C)(C)OC(=O)N=C(NC(=O)OC(C)(C)C)Nc1ccc(-c2cc(CCCc3ccccc3)nc(-c3cccc(N)c3)n2)cc1. The number of carbonyl (C=O) groups excluding carboxylic acids is 2. The summed E-state index contributed by atoms with van der Waals surface area (Å²) in [6, 6.07) is 27.3. The van der Waals surface area contributed by atoms with Gasteiger partial charge in [-0.3, -0.25) is 5.32 Å². The Labute approximate surface area is 270 Å². The summed E-state index contributed by atoms with van der Waals surface area (Å²) in [5, 5.41) is 5.48. The molecular weight excluding hydrogens is 580 g/mol. The molecule has 10 nitrogen and oxygen atoms in total. The molecule has 240 valence electrons. The van der Waals surface area contributed by atoms with Gasteiger partial charge < -0.3 is 20.5 Å². The van der Waals surface area contributed by atoms with Crippen LogP contribution in [0.2, 0.25) is 0 Å². The number of nitrogens with one attached hydrogen (secondary N) is 2. The number of aryl methyl sites for hydroxylation is 2. The maximum atomic E-state index is 12.5. The number of ether oxygens (including phenoxy) is 2. The molecule has 0 aliphatic rings. The topological polar surface area (TPSA) is 141 Å². The molecule has 3 aromatic carbocycles. The smallest absolute Gasteiger partial charge is 0.437 e. The maximum absolute atomic E-state index is 12.5. The van der Waals surface area contributed by atoms with Crippen LogP contribution in [-0.2, 0) is 22.3 Å². The second kappa shape index (κ2) is 14.7. The lowest BCUT2D eigenvalue weighted by Crippen LogP contribution is -2.40. The van der Waals surface area contributed by atoms with Crippen LogP contribution >= 0.6 is 0 Å². The summed E-state index contributed by atoms with van der Waals surface area (Å²) in [6.45, 7) is 10.4. The predicted molar refractivity (Wildman–Crippen MR) is 182 cm³/mol. The van der Waals surface area contributed by atoms with Crippen LogP contribution in [0.25, 0.3) is 22.6 Å².